The number of H-pyrrole nitrogens is 1. The number of nitrogens with two attached hydrogens (primary N) is 2. The lowest BCUT2D eigenvalue weighted by atomic mass is 10.1. The molecular formula is C5H6BN4O+. The lowest BCUT2D eigenvalue weighted by Gasteiger charge is -1.94. The molecule has 0 saturated heterocycles. The van der Waals surface area contributed by atoms with E-state index in [4.69, 9.17) is 19.3 Å². The van der Waals surface area contributed by atoms with Crippen molar-refractivity contribution in [3.05, 3.63) is 11.9 Å². The van der Waals surface area contributed by atoms with E-state index in [-0.39, 0.29) is 17.1 Å². The van der Waals surface area contributed by atoms with Gasteiger partial charge in [-0.1, -0.05) is 0 Å². The fourth-order valence-corrected chi connectivity index (χ4v) is 0.629. The highest BCUT2D eigenvalue weighted by Gasteiger charge is 2.12. The summed E-state index contributed by atoms with van der Waals surface area (Å²) in [5, 5.41) is 0. The maximum atomic E-state index is 10.6. The van der Waals surface area contributed by atoms with E-state index in [1.165, 1.54) is 6.20 Å². The summed E-state index contributed by atoms with van der Waals surface area (Å²) in [6.45, 7) is 0. The molecule has 0 aliphatic carbocycles. The second-order valence-corrected chi connectivity index (χ2v) is 1.95. The molecule has 11 heavy (non-hydrogen) atoms. The van der Waals surface area contributed by atoms with Crippen LogP contribution in [0.1, 0.15) is 10.5 Å². The molecule has 0 bridgehead atoms. The van der Waals surface area contributed by atoms with Crippen molar-refractivity contribution in [3.8, 4) is 0 Å². The Labute approximate surface area is 64.2 Å². The number of primary amides is 1. The van der Waals surface area contributed by atoms with E-state index in [0.29, 0.717) is 0 Å². The topological polar surface area (TPSA) is 96.1 Å². The van der Waals surface area contributed by atoms with Gasteiger partial charge in [-0.05, 0) is 0 Å². The largest absolute Gasteiger partial charge is 0.364 e. The number of nitrogens with zero attached hydrogens (tertiary/aromatic N) is 1. The number of amides is 1. The van der Waals surface area contributed by atoms with Crippen LogP contribution in [0.25, 0.3) is 0 Å². The molecule has 0 aliphatic heterocycles. The first-order chi connectivity index (χ1) is 5.11. The Morgan fingerprint density at radius 3 is 2.82 bits per heavy atom. The molecule has 2 radical (unpaired) electrons. The number of anilines is 1. The van der Waals surface area contributed by atoms with Gasteiger partial charge in [-0.15, -0.1) is 0 Å². The van der Waals surface area contributed by atoms with Gasteiger partial charge in [0.25, 0.3) is 5.91 Å². The first-order valence-electron chi connectivity index (χ1n) is 2.84. The number of nitrogen functional groups attached to an aromatic ring is 1. The van der Waals surface area contributed by atoms with Crippen molar-refractivity contribution in [2.24, 2.45) is 5.73 Å². The molecular weight excluding hydrogens is 143 g/mol. The fraction of sp³-hybridized carbons (Fsp3) is 0. The lowest BCUT2D eigenvalue weighted by Crippen LogP contribution is -2.29. The minimum Gasteiger partial charge on any atom is -0.364 e. The third-order valence-electron chi connectivity index (χ3n) is 1.10. The van der Waals surface area contributed by atoms with Gasteiger partial charge in [0, 0.05) is 5.59 Å². The summed E-state index contributed by atoms with van der Waals surface area (Å²) >= 11 is 0. The van der Waals surface area contributed by atoms with Gasteiger partial charge in [0.05, 0.1) is 6.20 Å². The molecule has 0 aliphatic rings. The van der Waals surface area contributed by atoms with Crippen molar-refractivity contribution in [2.45, 2.75) is 0 Å². The SMILES string of the molecule is [B]c1c[nH+]c(N)c(C(N)=O)n1. The molecule has 1 rings (SSSR count). The van der Waals surface area contributed by atoms with Crippen molar-refractivity contribution >= 4 is 25.2 Å². The van der Waals surface area contributed by atoms with E-state index in [1.54, 1.807) is 0 Å². The number of carbonyl (C=O) groups is 1. The van der Waals surface area contributed by atoms with Crippen LogP contribution in [0.4, 0.5) is 5.82 Å². The smallest absolute Gasteiger partial charge is 0.302 e. The molecule has 0 atom stereocenters. The van der Waals surface area contributed by atoms with Gasteiger partial charge in [-0.2, -0.15) is 0 Å². The Kier molecular flexibility index (Phi) is 1.76. The fourth-order valence-electron chi connectivity index (χ4n) is 0.629. The summed E-state index contributed by atoms with van der Waals surface area (Å²) < 4.78 is 0. The summed E-state index contributed by atoms with van der Waals surface area (Å²) in [6, 6.07) is 0. The number of rotatable bonds is 1. The summed E-state index contributed by atoms with van der Waals surface area (Å²) in [5.41, 5.74) is 10.4. The minimum absolute atomic E-state index is 0.0370. The lowest BCUT2D eigenvalue weighted by molar-refractivity contribution is -0.360. The predicted octanol–water partition coefficient (Wildman–Crippen LogP) is -2.63. The van der Waals surface area contributed by atoms with Crippen molar-refractivity contribution < 1.29 is 9.78 Å². The normalized spacial score (nSPS) is 9.45. The molecule has 0 saturated carbocycles. The maximum absolute atomic E-state index is 10.6. The molecule has 1 amide bonds. The Morgan fingerprint density at radius 1 is 1.73 bits per heavy atom. The highest BCUT2D eigenvalue weighted by atomic mass is 16.1. The summed E-state index contributed by atoms with van der Waals surface area (Å²) in [7, 11) is 5.26. The van der Waals surface area contributed by atoms with Crippen LogP contribution in [0, 0.1) is 0 Å². The summed E-state index contributed by atoms with van der Waals surface area (Å²) in [6.07, 6.45) is 1.38. The van der Waals surface area contributed by atoms with Crippen LogP contribution in [-0.4, -0.2) is 18.7 Å². The standard InChI is InChI=1S/C5H5BN4O/c6-2-1-9-4(7)3(10-2)5(8)11/h1H,(H2,7,9)(H2,8,11)/p+1. The summed E-state index contributed by atoms with van der Waals surface area (Å²) in [4.78, 5) is 16.7. The zero-order valence-electron chi connectivity index (χ0n) is 5.66. The molecule has 1 aromatic heterocycles. The number of aromatic nitrogens is 2. The summed E-state index contributed by atoms with van der Waals surface area (Å²) in [5.74, 6) is -0.585. The Bertz CT molecular complexity index is 301. The highest BCUT2D eigenvalue weighted by Crippen LogP contribution is 1.94. The molecule has 5 N–H and O–H groups in total. The second-order valence-electron chi connectivity index (χ2n) is 1.95. The van der Waals surface area contributed by atoms with Crippen LogP contribution in [0.15, 0.2) is 6.20 Å². The van der Waals surface area contributed by atoms with E-state index >= 15 is 0 Å². The number of aromatic amines is 1. The van der Waals surface area contributed by atoms with Gasteiger partial charge < -0.3 is 5.73 Å². The molecule has 6 heteroatoms. The molecule has 54 valence electrons. The van der Waals surface area contributed by atoms with Crippen molar-refractivity contribution in [2.75, 3.05) is 5.73 Å². The number of hydrogen-bond acceptors (Lipinski definition) is 3. The highest BCUT2D eigenvalue weighted by molar-refractivity contribution is 6.30. The average Bonchev–Trinajstić information content (AvgIpc) is 1.94. The van der Waals surface area contributed by atoms with Crippen LogP contribution < -0.4 is 22.0 Å². The van der Waals surface area contributed by atoms with E-state index < -0.39 is 5.91 Å². The van der Waals surface area contributed by atoms with Gasteiger partial charge in [0.1, 0.15) is 7.85 Å². The Hall–Kier alpha value is -1.59. The van der Waals surface area contributed by atoms with E-state index in [0.717, 1.165) is 0 Å². The monoisotopic (exact) mass is 149 g/mol. The van der Waals surface area contributed by atoms with Gasteiger partial charge in [-0.3, -0.25) is 10.5 Å². The van der Waals surface area contributed by atoms with E-state index in [2.05, 4.69) is 9.97 Å². The van der Waals surface area contributed by atoms with E-state index in [1.807, 2.05) is 0 Å². The maximum Gasteiger partial charge on any atom is 0.302 e. The van der Waals surface area contributed by atoms with Gasteiger partial charge in [0.2, 0.25) is 5.69 Å². The minimum atomic E-state index is -0.703. The molecule has 1 aromatic rings. The molecule has 5 nitrogen and oxygen atoms in total. The number of carbonyl (C=O) groups excluding carboxylic acids is 1. The third-order valence-corrected chi connectivity index (χ3v) is 1.10. The van der Waals surface area contributed by atoms with Crippen LogP contribution in [0.2, 0.25) is 0 Å². The van der Waals surface area contributed by atoms with Gasteiger partial charge in [-0.25, -0.2) is 9.97 Å². The van der Waals surface area contributed by atoms with Gasteiger partial charge in [0.15, 0.2) is 0 Å². The van der Waals surface area contributed by atoms with Crippen LogP contribution in [0.3, 0.4) is 0 Å². The van der Waals surface area contributed by atoms with Gasteiger partial charge >= 0.3 is 5.82 Å². The quantitative estimate of drug-likeness (QED) is 0.427. The predicted molar refractivity (Wildman–Crippen MR) is 39.1 cm³/mol. The number of nitrogens with one attached hydrogen (secondary N) is 1. The first-order valence-corrected chi connectivity index (χ1v) is 2.84. The van der Waals surface area contributed by atoms with E-state index in [9.17, 15) is 4.79 Å². The molecule has 0 aromatic carbocycles. The van der Waals surface area contributed by atoms with Crippen LogP contribution >= 0.6 is 0 Å². The van der Waals surface area contributed by atoms with Crippen molar-refractivity contribution in [3.63, 3.8) is 0 Å². The van der Waals surface area contributed by atoms with Crippen LogP contribution in [-0.2, 0) is 0 Å². The Balaban J connectivity index is 3.23. The average molecular weight is 149 g/mol. The number of hydrogen-bond donors (Lipinski definition) is 2. The zero-order valence-corrected chi connectivity index (χ0v) is 5.66. The first kappa shape index (κ1) is 7.52. The zero-order chi connectivity index (χ0) is 8.43. The van der Waals surface area contributed by atoms with Crippen LogP contribution in [0.5, 0.6) is 0 Å². The van der Waals surface area contributed by atoms with Crippen molar-refractivity contribution in [1.29, 1.82) is 0 Å². The third kappa shape index (κ3) is 1.46. The molecule has 0 fully saturated rings. The molecule has 0 unspecified atom stereocenters. The molecule has 1 heterocycles. The van der Waals surface area contributed by atoms with Crippen molar-refractivity contribution in [1.82, 2.24) is 4.98 Å². The second kappa shape index (κ2) is 2.57. The Morgan fingerprint density at radius 2 is 2.36 bits per heavy atom. The molecule has 0 spiro atoms.